The Morgan fingerprint density at radius 3 is 2.30 bits per heavy atom. The normalized spacial score (nSPS) is 10.7. The molecule has 0 radical (unpaired) electrons. The van der Waals surface area contributed by atoms with Crippen molar-refractivity contribution in [2.75, 3.05) is 17.2 Å². The van der Waals surface area contributed by atoms with Crippen LogP contribution >= 0.6 is 11.6 Å². The summed E-state index contributed by atoms with van der Waals surface area (Å²) in [5.41, 5.74) is 2.41. The molecule has 2 N–H and O–H groups in total. The van der Waals surface area contributed by atoms with Gasteiger partial charge in [0.15, 0.2) is 6.61 Å². The molecule has 1 heterocycles. The quantitative estimate of drug-likeness (QED) is 0.583. The van der Waals surface area contributed by atoms with Gasteiger partial charge in [0.1, 0.15) is 5.15 Å². The zero-order chi connectivity index (χ0) is 20.0. The summed E-state index contributed by atoms with van der Waals surface area (Å²) in [5.74, 6) is -1.35. The molecule has 8 nitrogen and oxygen atoms in total. The summed E-state index contributed by atoms with van der Waals surface area (Å²) in [7, 11) is 1.69. The molecule has 27 heavy (non-hydrogen) atoms. The minimum absolute atomic E-state index is 0.186. The number of aryl methyl sites for hydroxylation is 2. The molecule has 1 aromatic heterocycles. The van der Waals surface area contributed by atoms with Gasteiger partial charge in [0.05, 0.1) is 5.69 Å². The van der Waals surface area contributed by atoms with Crippen LogP contribution in [-0.4, -0.2) is 34.2 Å². The Kier molecular flexibility index (Phi) is 6.73. The van der Waals surface area contributed by atoms with Crippen LogP contribution in [0.15, 0.2) is 30.3 Å². The van der Waals surface area contributed by atoms with Crippen LogP contribution in [0.3, 0.4) is 0 Å². The first-order valence-electron chi connectivity index (χ1n) is 7.97. The number of aromatic nitrogens is 2. The largest absolute Gasteiger partial charge is 0.452 e. The Morgan fingerprint density at radius 1 is 1.19 bits per heavy atom. The molecule has 142 valence electrons. The van der Waals surface area contributed by atoms with E-state index < -0.39 is 18.5 Å². The van der Waals surface area contributed by atoms with Crippen molar-refractivity contribution in [3.63, 3.8) is 0 Å². The van der Waals surface area contributed by atoms with Gasteiger partial charge >= 0.3 is 5.97 Å². The fraction of sp³-hybridized carbons (Fsp3) is 0.222. The number of nitrogens with zero attached hydrogens (tertiary/aromatic N) is 2. The molecular formula is C18H19ClN4O4. The SMILES string of the molecule is CC(=O)Nc1ccc(NC(=O)COC(=O)/C=C/c2c(C)nn(C)c2Cl)cc1. The lowest BCUT2D eigenvalue weighted by Crippen LogP contribution is -2.20. The van der Waals surface area contributed by atoms with Gasteiger partial charge in [-0.3, -0.25) is 14.3 Å². The minimum atomic E-state index is -0.675. The Labute approximate surface area is 161 Å². The van der Waals surface area contributed by atoms with Gasteiger partial charge in [-0.05, 0) is 37.3 Å². The molecule has 0 aliphatic rings. The van der Waals surface area contributed by atoms with Crippen LogP contribution in [0.4, 0.5) is 11.4 Å². The summed E-state index contributed by atoms with van der Waals surface area (Å²) in [4.78, 5) is 34.6. The lowest BCUT2D eigenvalue weighted by atomic mass is 10.2. The predicted molar refractivity (Wildman–Crippen MR) is 102 cm³/mol. The zero-order valence-corrected chi connectivity index (χ0v) is 15.8. The van der Waals surface area contributed by atoms with Crippen LogP contribution in [0.1, 0.15) is 18.2 Å². The molecule has 0 fully saturated rings. The van der Waals surface area contributed by atoms with Crippen LogP contribution < -0.4 is 10.6 Å². The molecule has 2 aromatic rings. The number of ether oxygens (including phenoxy) is 1. The highest BCUT2D eigenvalue weighted by molar-refractivity contribution is 6.31. The van der Waals surface area contributed by atoms with Gasteiger partial charge in [0.25, 0.3) is 5.91 Å². The summed E-state index contributed by atoms with van der Waals surface area (Å²) < 4.78 is 6.39. The number of esters is 1. The molecule has 0 saturated heterocycles. The van der Waals surface area contributed by atoms with Gasteiger partial charge < -0.3 is 15.4 Å². The Hall–Kier alpha value is -3.13. The van der Waals surface area contributed by atoms with E-state index in [1.165, 1.54) is 23.8 Å². The van der Waals surface area contributed by atoms with E-state index in [9.17, 15) is 14.4 Å². The number of nitrogens with one attached hydrogen (secondary N) is 2. The first-order chi connectivity index (χ1) is 12.8. The maximum atomic E-state index is 11.8. The number of halogens is 1. The van der Waals surface area contributed by atoms with E-state index in [0.29, 0.717) is 27.8 Å². The number of carbonyl (C=O) groups is 3. The monoisotopic (exact) mass is 390 g/mol. The number of rotatable bonds is 6. The van der Waals surface area contributed by atoms with E-state index in [1.807, 2.05) is 0 Å². The van der Waals surface area contributed by atoms with Crippen LogP contribution in [0.25, 0.3) is 6.08 Å². The maximum absolute atomic E-state index is 11.8. The molecule has 0 aliphatic carbocycles. The topological polar surface area (TPSA) is 102 Å². The van der Waals surface area contributed by atoms with Crippen LogP contribution in [0.2, 0.25) is 5.15 Å². The molecule has 0 atom stereocenters. The van der Waals surface area contributed by atoms with Gasteiger partial charge in [-0.1, -0.05) is 11.6 Å². The second kappa shape index (κ2) is 9.00. The molecule has 2 amide bonds. The fourth-order valence-electron chi connectivity index (χ4n) is 2.21. The van der Waals surface area contributed by atoms with Gasteiger partial charge in [-0.15, -0.1) is 0 Å². The van der Waals surface area contributed by atoms with Crippen LogP contribution in [0, 0.1) is 6.92 Å². The van der Waals surface area contributed by atoms with E-state index >= 15 is 0 Å². The Balaban J connectivity index is 1.83. The summed E-state index contributed by atoms with van der Waals surface area (Å²) in [6, 6.07) is 6.54. The van der Waals surface area contributed by atoms with Gasteiger partial charge in [-0.2, -0.15) is 5.10 Å². The lowest BCUT2D eigenvalue weighted by molar-refractivity contribution is -0.142. The maximum Gasteiger partial charge on any atom is 0.331 e. The summed E-state index contributed by atoms with van der Waals surface area (Å²) in [5, 5.41) is 9.73. The fourth-order valence-corrected chi connectivity index (χ4v) is 2.45. The second-order valence-corrected chi connectivity index (χ2v) is 6.02. The average Bonchev–Trinajstić information content (AvgIpc) is 2.84. The third-order valence-corrected chi connectivity index (χ3v) is 3.87. The predicted octanol–water partition coefficient (Wildman–Crippen LogP) is 2.54. The number of amides is 2. The average molecular weight is 391 g/mol. The molecule has 0 saturated carbocycles. The van der Waals surface area contributed by atoms with Gasteiger partial charge in [0, 0.05) is 37.0 Å². The number of hydrogen-bond acceptors (Lipinski definition) is 5. The number of anilines is 2. The molecule has 0 aliphatic heterocycles. The highest BCUT2D eigenvalue weighted by Gasteiger charge is 2.10. The highest BCUT2D eigenvalue weighted by Crippen LogP contribution is 2.20. The molecule has 0 spiro atoms. The second-order valence-electron chi connectivity index (χ2n) is 5.66. The Bertz CT molecular complexity index is 888. The summed E-state index contributed by atoms with van der Waals surface area (Å²) >= 11 is 6.06. The smallest absolute Gasteiger partial charge is 0.331 e. The van der Waals surface area contributed by atoms with Crippen molar-refractivity contribution in [3.8, 4) is 0 Å². The molecule has 0 bridgehead atoms. The van der Waals surface area contributed by atoms with E-state index in [2.05, 4.69) is 15.7 Å². The van der Waals surface area contributed by atoms with Crippen molar-refractivity contribution in [1.82, 2.24) is 9.78 Å². The van der Waals surface area contributed by atoms with Crippen molar-refractivity contribution in [3.05, 3.63) is 46.8 Å². The van der Waals surface area contributed by atoms with Gasteiger partial charge in [-0.25, -0.2) is 4.79 Å². The van der Waals surface area contributed by atoms with Crippen molar-refractivity contribution >= 4 is 46.8 Å². The first-order valence-corrected chi connectivity index (χ1v) is 8.35. The van der Waals surface area contributed by atoms with E-state index in [1.54, 1.807) is 38.2 Å². The standard InChI is InChI=1S/C18H19ClN4O4/c1-11-15(18(19)23(3)22-11)8-9-17(26)27-10-16(25)21-14-6-4-13(5-7-14)20-12(2)24/h4-9H,10H2,1-3H3,(H,20,24)(H,21,25)/b9-8+. The van der Waals surface area contributed by atoms with Crippen LogP contribution in [-0.2, 0) is 26.2 Å². The van der Waals surface area contributed by atoms with Crippen molar-refractivity contribution in [2.45, 2.75) is 13.8 Å². The third kappa shape index (κ3) is 5.96. The number of benzene rings is 1. The zero-order valence-electron chi connectivity index (χ0n) is 15.1. The van der Waals surface area contributed by atoms with Crippen molar-refractivity contribution in [1.29, 1.82) is 0 Å². The Morgan fingerprint density at radius 2 is 1.78 bits per heavy atom. The van der Waals surface area contributed by atoms with Crippen LogP contribution in [0.5, 0.6) is 0 Å². The molecule has 1 aromatic carbocycles. The highest BCUT2D eigenvalue weighted by atomic mass is 35.5. The van der Waals surface area contributed by atoms with E-state index in [-0.39, 0.29) is 5.91 Å². The number of hydrogen-bond donors (Lipinski definition) is 2. The summed E-state index contributed by atoms with van der Waals surface area (Å²) in [6.07, 6.45) is 2.68. The number of carbonyl (C=O) groups excluding carboxylic acids is 3. The molecule has 9 heteroatoms. The lowest BCUT2D eigenvalue weighted by Gasteiger charge is -2.07. The molecule has 0 unspecified atom stereocenters. The van der Waals surface area contributed by atoms with Gasteiger partial charge in [0.2, 0.25) is 5.91 Å². The van der Waals surface area contributed by atoms with E-state index in [4.69, 9.17) is 16.3 Å². The van der Waals surface area contributed by atoms with Crippen molar-refractivity contribution < 1.29 is 19.1 Å². The summed E-state index contributed by atoms with van der Waals surface area (Å²) in [6.45, 7) is 2.74. The minimum Gasteiger partial charge on any atom is -0.452 e. The molecule has 2 rings (SSSR count). The first kappa shape index (κ1) is 20.2. The third-order valence-electron chi connectivity index (χ3n) is 3.42. The van der Waals surface area contributed by atoms with E-state index in [0.717, 1.165) is 0 Å². The van der Waals surface area contributed by atoms with Crippen molar-refractivity contribution in [2.24, 2.45) is 7.05 Å². The molecular weight excluding hydrogens is 372 g/mol.